The molecule has 0 aromatic heterocycles. The molecule has 2 aromatic rings. The van der Waals surface area contributed by atoms with Crippen molar-refractivity contribution < 1.29 is 9.90 Å². The van der Waals surface area contributed by atoms with Crippen LogP contribution < -0.4 is 9.80 Å². The van der Waals surface area contributed by atoms with Crippen LogP contribution in [0, 0.1) is 0 Å². The van der Waals surface area contributed by atoms with Crippen molar-refractivity contribution >= 4 is 34.6 Å². The summed E-state index contributed by atoms with van der Waals surface area (Å²) in [5.74, 6) is -0.970. The molecule has 108 valence electrons. The molecule has 21 heavy (non-hydrogen) atoms. The highest BCUT2D eigenvalue weighted by Crippen LogP contribution is 2.39. The van der Waals surface area contributed by atoms with Gasteiger partial charge in [0.2, 0.25) is 0 Å². The summed E-state index contributed by atoms with van der Waals surface area (Å²) in [5.41, 5.74) is 3.26. The van der Waals surface area contributed by atoms with E-state index in [1.807, 2.05) is 18.2 Å². The van der Waals surface area contributed by atoms with Crippen LogP contribution in [-0.2, 0) is 0 Å². The number of hydrogen-bond acceptors (Lipinski definition) is 3. The Labute approximate surface area is 128 Å². The third-order valence-corrected chi connectivity index (χ3v) is 4.03. The average Bonchev–Trinajstić information content (AvgIpc) is 2.48. The van der Waals surface area contributed by atoms with Crippen molar-refractivity contribution in [2.24, 2.45) is 0 Å². The summed E-state index contributed by atoms with van der Waals surface area (Å²) >= 11 is 6.29. The highest BCUT2D eigenvalue weighted by Gasteiger charge is 2.22. The van der Waals surface area contributed by atoms with Crippen LogP contribution in [0.15, 0.2) is 42.5 Å². The van der Waals surface area contributed by atoms with Crippen molar-refractivity contribution in [2.75, 3.05) is 29.9 Å². The summed E-state index contributed by atoms with van der Waals surface area (Å²) < 4.78 is 0. The second kappa shape index (κ2) is 5.30. The highest BCUT2D eigenvalue weighted by atomic mass is 35.5. The van der Waals surface area contributed by atoms with Crippen molar-refractivity contribution in [2.45, 2.75) is 0 Å². The Balaban J connectivity index is 2.06. The Bertz CT molecular complexity index is 702. The molecule has 0 aliphatic carbocycles. The van der Waals surface area contributed by atoms with Crippen LogP contribution in [0.1, 0.15) is 10.4 Å². The zero-order valence-electron chi connectivity index (χ0n) is 11.6. The van der Waals surface area contributed by atoms with E-state index >= 15 is 0 Å². The molecule has 0 saturated carbocycles. The molecule has 4 nitrogen and oxygen atoms in total. The Hall–Kier alpha value is -2.20. The molecule has 1 aliphatic heterocycles. The van der Waals surface area contributed by atoms with Gasteiger partial charge in [-0.15, -0.1) is 0 Å². The predicted octanol–water partition coefficient (Wildman–Crippen LogP) is 3.63. The number of carboxylic acids is 1. The molecule has 0 bridgehead atoms. The van der Waals surface area contributed by atoms with E-state index in [0.29, 0.717) is 5.02 Å². The van der Waals surface area contributed by atoms with E-state index in [9.17, 15) is 4.79 Å². The monoisotopic (exact) mass is 302 g/mol. The lowest BCUT2D eigenvalue weighted by Crippen LogP contribution is -2.36. The fourth-order valence-electron chi connectivity index (χ4n) is 2.62. The number of rotatable bonds is 2. The van der Waals surface area contributed by atoms with Gasteiger partial charge in [0, 0.05) is 20.1 Å². The third kappa shape index (κ3) is 2.43. The lowest BCUT2D eigenvalue weighted by Gasteiger charge is -2.37. The van der Waals surface area contributed by atoms with Crippen molar-refractivity contribution in [1.82, 2.24) is 0 Å². The van der Waals surface area contributed by atoms with Gasteiger partial charge in [-0.3, -0.25) is 0 Å². The van der Waals surface area contributed by atoms with Crippen LogP contribution in [0.3, 0.4) is 0 Å². The van der Waals surface area contributed by atoms with Crippen molar-refractivity contribution in [3.63, 3.8) is 0 Å². The van der Waals surface area contributed by atoms with E-state index in [-0.39, 0.29) is 5.56 Å². The number of carbonyl (C=O) groups is 1. The van der Waals surface area contributed by atoms with Gasteiger partial charge in [-0.05, 0) is 30.3 Å². The van der Waals surface area contributed by atoms with Crippen LogP contribution in [0.25, 0.3) is 0 Å². The minimum atomic E-state index is -0.970. The van der Waals surface area contributed by atoms with Crippen molar-refractivity contribution in [3.05, 3.63) is 53.1 Å². The molecule has 5 heteroatoms. The maximum absolute atomic E-state index is 11.0. The summed E-state index contributed by atoms with van der Waals surface area (Å²) in [4.78, 5) is 15.3. The number of fused-ring (bicyclic) bond motifs is 1. The number of benzene rings is 2. The zero-order valence-corrected chi connectivity index (χ0v) is 12.3. The van der Waals surface area contributed by atoms with Gasteiger partial charge in [0.05, 0.1) is 27.6 Å². The largest absolute Gasteiger partial charge is 0.478 e. The molecule has 0 atom stereocenters. The molecule has 3 rings (SSSR count). The molecule has 1 aliphatic rings. The van der Waals surface area contributed by atoms with Crippen molar-refractivity contribution in [1.29, 1.82) is 0 Å². The van der Waals surface area contributed by atoms with Crippen LogP contribution >= 0.6 is 11.6 Å². The maximum Gasteiger partial charge on any atom is 0.335 e. The lowest BCUT2D eigenvalue weighted by atomic mass is 10.1. The molecule has 0 spiro atoms. The van der Waals surface area contributed by atoms with Gasteiger partial charge >= 0.3 is 5.97 Å². The second-order valence-electron chi connectivity index (χ2n) is 5.03. The number of aromatic carboxylic acids is 1. The standard InChI is InChI=1S/C16H15ClN2O2/c1-18-8-9-19(15-5-3-2-4-14(15)18)13-7-6-11(16(20)21)10-12(13)17/h2-7,10H,8-9H2,1H3,(H,20,21). The fourth-order valence-corrected chi connectivity index (χ4v) is 2.90. The van der Waals surface area contributed by atoms with Gasteiger partial charge in [0.25, 0.3) is 0 Å². The first-order valence-electron chi connectivity index (χ1n) is 6.68. The Morgan fingerprint density at radius 2 is 1.81 bits per heavy atom. The van der Waals surface area contributed by atoms with Gasteiger partial charge in [0.1, 0.15) is 0 Å². The van der Waals surface area contributed by atoms with E-state index in [4.69, 9.17) is 16.7 Å². The van der Waals surface area contributed by atoms with Crippen LogP contribution in [-0.4, -0.2) is 31.2 Å². The third-order valence-electron chi connectivity index (χ3n) is 3.73. The molecular weight excluding hydrogens is 288 g/mol. The fraction of sp³-hybridized carbons (Fsp3) is 0.188. The molecule has 0 amide bonds. The van der Waals surface area contributed by atoms with Crippen LogP contribution in [0.4, 0.5) is 17.1 Å². The van der Waals surface area contributed by atoms with Gasteiger partial charge in [0.15, 0.2) is 0 Å². The van der Waals surface area contributed by atoms with E-state index < -0.39 is 5.97 Å². The number of anilines is 3. The highest BCUT2D eigenvalue weighted by molar-refractivity contribution is 6.33. The first-order valence-corrected chi connectivity index (χ1v) is 7.06. The maximum atomic E-state index is 11.0. The molecule has 0 radical (unpaired) electrons. The number of para-hydroxylation sites is 2. The van der Waals surface area contributed by atoms with E-state index in [0.717, 1.165) is 30.2 Å². The minimum Gasteiger partial charge on any atom is -0.478 e. The molecule has 0 unspecified atom stereocenters. The van der Waals surface area contributed by atoms with E-state index in [2.05, 4.69) is 22.9 Å². The summed E-state index contributed by atoms with van der Waals surface area (Å²) in [6, 6.07) is 13.0. The summed E-state index contributed by atoms with van der Waals surface area (Å²) in [6.07, 6.45) is 0. The SMILES string of the molecule is CN1CCN(c2ccc(C(=O)O)cc2Cl)c2ccccc21. The number of halogens is 1. The van der Waals surface area contributed by atoms with Crippen LogP contribution in [0.5, 0.6) is 0 Å². The summed E-state index contributed by atoms with van der Waals surface area (Å²) in [5, 5.41) is 9.48. The lowest BCUT2D eigenvalue weighted by molar-refractivity contribution is 0.0697. The summed E-state index contributed by atoms with van der Waals surface area (Å²) in [7, 11) is 2.06. The molecule has 0 saturated heterocycles. The second-order valence-corrected chi connectivity index (χ2v) is 5.44. The molecule has 0 fully saturated rings. The van der Waals surface area contributed by atoms with Gasteiger partial charge in [-0.1, -0.05) is 23.7 Å². The first-order chi connectivity index (χ1) is 10.1. The molecule has 1 heterocycles. The molecule has 2 aromatic carbocycles. The quantitative estimate of drug-likeness (QED) is 0.920. The number of nitrogens with zero attached hydrogens (tertiary/aromatic N) is 2. The zero-order chi connectivity index (χ0) is 15.0. The van der Waals surface area contributed by atoms with Crippen LogP contribution in [0.2, 0.25) is 5.02 Å². The Morgan fingerprint density at radius 1 is 1.10 bits per heavy atom. The topological polar surface area (TPSA) is 43.8 Å². The number of carboxylic acid groups (broad SMARTS) is 1. The molecule has 1 N–H and O–H groups in total. The smallest absolute Gasteiger partial charge is 0.335 e. The summed E-state index contributed by atoms with van der Waals surface area (Å²) in [6.45, 7) is 1.69. The molecular formula is C16H15ClN2O2. The van der Waals surface area contributed by atoms with Crippen molar-refractivity contribution in [3.8, 4) is 0 Å². The normalized spacial score (nSPS) is 14.0. The van der Waals surface area contributed by atoms with Gasteiger partial charge in [-0.25, -0.2) is 4.79 Å². The number of hydrogen-bond donors (Lipinski definition) is 1. The average molecular weight is 303 g/mol. The first kappa shape index (κ1) is 13.8. The predicted molar refractivity (Wildman–Crippen MR) is 85.1 cm³/mol. The van der Waals surface area contributed by atoms with E-state index in [1.165, 1.54) is 6.07 Å². The van der Waals surface area contributed by atoms with Gasteiger partial charge < -0.3 is 14.9 Å². The van der Waals surface area contributed by atoms with E-state index in [1.54, 1.807) is 12.1 Å². The Kier molecular flexibility index (Phi) is 3.47. The number of likely N-dealkylation sites (N-methyl/N-ethyl adjacent to an activating group) is 1. The van der Waals surface area contributed by atoms with Gasteiger partial charge in [-0.2, -0.15) is 0 Å². The Morgan fingerprint density at radius 3 is 2.48 bits per heavy atom. The minimum absolute atomic E-state index is 0.200.